The highest BCUT2D eigenvalue weighted by molar-refractivity contribution is 4.74. The molecule has 0 aromatic heterocycles. The highest BCUT2D eigenvalue weighted by Gasteiger charge is 2.16. The van der Waals surface area contributed by atoms with E-state index in [0.29, 0.717) is 11.5 Å². The van der Waals surface area contributed by atoms with Gasteiger partial charge in [-0.3, -0.25) is 0 Å². The predicted octanol–water partition coefficient (Wildman–Crippen LogP) is 1.34. The van der Waals surface area contributed by atoms with Gasteiger partial charge < -0.3 is 15.0 Å². The number of hydrogen-bond donors (Lipinski definition) is 1. The molecule has 0 aliphatic carbocycles. The molecule has 1 aliphatic rings. The molecular weight excluding hydrogens is 188 g/mol. The van der Waals surface area contributed by atoms with Crippen molar-refractivity contribution in [2.24, 2.45) is 5.41 Å². The summed E-state index contributed by atoms with van der Waals surface area (Å²) < 4.78 is 5.44. The number of nitrogens with zero attached hydrogens (tertiary/aromatic N) is 1. The number of ether oxygens (including phenoxy) is 1. The highest BCUT2D eigenvalue weighted by atomic mass is 16.5. The second-order valence-corrected chi connectivity index (χ2v) is 5.80. The van der Waals surface area contributed by atoms with Crippen LogP contribution in [0.25, 0.3) is 0 Å². The van der Waals surface area contributed by atoms with Gasteiger partial charge in [-0.1, -0.05) is 20.8 Å². The lowest BCUT2D eigenvalue weighted by molar-refractivity contribution is 0.0641. The van der Waals surface area contributed by atoms with Crippen molar-refractivity contribution in [2.45, 2.75) is 33.2 Å². The van der Waals surface area contributed by atoms with E-state index in [1.54, 1.807) is 0 Å². The summed E-state index contributed by atoms with van der Waals surface area (Å²) >= 11 is 0. The molecule has 15 heavy (non-hydrogen) atoms. The van der Waals surface area contributed by atoms with Crippen molar-refractivity contribution in [1.29, 1.82) is 0 Å². The van der Waals surface area contributed by atoms with Gasteiger partial charge in [0.1, 0.15) is 0 Å². The summed E-state index contributed by atoms with van der Waals surface area (Å²) in [6, 6.07) is 0.517. The van der Waals surface area contributed by atoms with E-state index in [9.17, 15) is 0 Å². The van der Waals surface area contributed by atoms with Crippen molar-refractivity contribution in [3.05, 3.63) is 0 Å². The molecule has 1 aliphatic heterocycles. The summed E-state index contributed by atoms with van der Waals surface area (Å²) in [5, 5.41) is 3.48. The van der Waals surface area contributed by atoms with Gasteiger partial charge in [-0.15, -0.1) is 0 Å². The third-order valence-electron chi connectivity index (χ3n) is 2.77. The summed E-state index contributed by atoms with van der Waals surface area (Å²) in [5.74, 6) is 0. The first-order chi connectivity index (χ1) is 6.97. The number of rotatable bonds is 4. The second kappa shape index (κ2) is 5.83. The predicted molar refractivity (Wildman–Crippen MR) is 64.2 cm³/mol. The molecule has 1 atom stereocenters. The molecule has 0 radical (unpaired) electrons. The third kappa shape index (κ3) is 6.13. The van der Waals surface area contributed by atoms with Crippen molar-refractivity contribution in [3.63, 3.8) is 0 Å². The van der Waals surface area contributed by atoms with Crippen LogP contribution in [-0.4, -0.2) is 50.8 Å². The number of hydrogen-bond acceptors (Lipinski definition) is 3. The van der Waals surface area contributed by atoms with E-state index in [1.165, 1.54) is 13.0 Å². The summed E-state index contributed by atoms with van der Waals surface area (Å²) in [4.78, 5) is 2.40. The van der Waals surface area contributed by atoms with Crippen LogP contribution >= 0.6 is 0 Å². The second-order valence-electron chi connectivity index (χ2n) is 5.80. The molecule has 3 nitrogen and oxygen atoms in total. The fourth-order valence-corrected chi connectivity index (χ4v) is 1.73. The SMILES string of the molecule is CN(CCC(C)(C)C)CC1COCCN1. The molecule has 1 fully saturated rings. The minimum atomic E-state index is 0.435. The molecule has 0 saturated carbocycles. The Morgan fingerprint density at radius 3 is 2.67 bits per heavy atom. The van der Waals surface area contributed by atoms with Gasteiger partial charge in [0.2, 0.25) is 0 Å². The summed E-state index contributed by atoms with van der Waals surface area (Å²) in [6.45, 7) is 11.9. The molecule has 90 valence electrons. The molecule has 3 heteroatoms. The normalized spacial score (nSPS) is 23.4. The Morgan fingerprint density at radius 2 is 2.13 bits per heavy atom. The van der Waals surface area contributed by atoms with E-state index in [1.807, 2.05) is 0 Å². The van der Waals surface area contributed by atoms with E-state index in [2.05, 4.69) is 38.0 Å². The lowest BCUT2D eigenvalue weighted by Crippen LogP contribution is -2.47. The average Bonchev–Trinajstić information content (AvgIpc) is 2.15. The molecule has 0 spiro atoms. The van der Waals surface area contributed by atoms with Crippen LogP contribution in [0.15, 0.2) is 0 Å². The molecule has 0 aromatic carbocycles. The van der Waals surface area contributed by atoms with Crippen molar-refractivity contribution in [1.82, 2.24) is 10.2 Å². The van der Waals surface area contributed by atoms with Crippen LogP contribution in [-0.2, 0) is 4.74 Å². The topological polar surface area (TPSA) is 24.5 Å². The van der Waals surface area contributed by atoms with Gasteiger partial charge in [-0.05, 0) is 25.4 Å². The fraction of sp³-hybridized carbons (Fsp3) is 1.00. The quantitative estimate of drug-likeness (QED) is 0.764. The Bertz CT molecular complexity index is 171. The van der Waals surface area contributed by atoms with E-state index in [-0.39, 0.29) is 0 Å². The highest BCUT2D eigenvalue weighted by Crippen LogP contribution is 2.18. The first-order valence-electron chi connectivity index (χ1n) is 5.97. The number of nitrogens with one attached hydrogen (secondary N) is 1. The van der Waals surface area contributed by atoms with Crippen LogP contribution in [0.3, 0.4) is 0 Å². The molecule has 1 N–H and O–H groups in total. The maximum atomic E-state index is 5.44. The molecular formula is C12H26N2O. The zero-order valence-electron chi connectivity index (χ0n) is 10.7. The molecule has 1 rings (SSSR count). The first-order valence-corrected chi connectivity index (χ1v) is 5.97. The summed E-state index contributed by atoms with van der Waals surface area (Å²) in [6.07, 6.45) is 1.25. The summed E-state index contributed by atoms with van der Waals surface area (Å²) in [5.41, 5.74) is 0.435. The standard InChI is InChI=1S/C12H26N2O/c1-12(2,3)5-7-14(4)9-11-10-15-8-6-13-11/h11,13H,5-10H2,1-4H3. The molecule has 0 aromatic rings. The zero-order chi connectivity index (χ0) is 11.3. The minimum absolute atomic E-state index is 0.435. The first kappa shape index (κ1) is 12.9. The Kier molecular flexibility index (Phi) is 5.03. The van der Waals surface area contributed by atoms with Crippen LogP contribution in [0.1, 0.15) is 27.2 Å². The van der Waals surface area contributed by atoms with Gasteiger partial charge in [-0.2, -0.15) is 0 Å². The average molecular weight is 214 g/mol. The zero-order valence-corrected chi connectivity index (χ0v) is 10.7. The molecule has 1 unspecified atom stereocenters. The molecule has 0 bridgehead atoms. The van der Waals surface area contributed by atoms with Gasteiger partial charge in [0, 0.05) is 19.1 Å². The largest absolute Gasteiger partial charge is 0.378 e. The van der Waals surface area contributed by atoms with Crippen LogP contribution < -0.4 is 5.32 Å². The van der Waals surface area contributed by atoms with Crippen LogP contribution in [0.2, 0.25) is 0 Å². The smallest absolute Gasteiger partial charge is 0.0632 e. The van der Waals surface area contributed by atoms with Gasteiger partial charge >= 0.3 is 0 Å². The molecule has 1 heterocycles. The van der Waals surface area contributed by atoms with E-state index >= 15 is 0 Å². The van der Waals surface area contributed by atoms with Gasteiger partial charge in [0.15, 0.2) is 0 Å². The Balaban J connectivity index is 2.14. The van der Waals surface area contributed by atoms with Gasteiger partial charge in [0.05, 0.1) is 13.2 Å². The number of likely N-dealkylation sites (N-methyl/N-ethyl adjacent to an activating group) is 1. The molecule has 1 saturated heterocycles. The lowest BCUT2D eigenvalue weighted by Gasteiger charge is -2.29. The lowest BCUT2D eigenvalue weighted by atomic mass is 9.92. The van der Waals surface area contributed by atoms with Crippen LogP contribution in [0.5, 0.6) is 0 Å². The van der Waals surface area contributed by atoms with Crippen molar-refractivity contribution in [3.8, 4) is 0 Å². The van der Waals surface area contributed by atoms with Crippen LogP contribution in [0.4, 0.5) is 0 Å². The van der Waals surface area contributed by atoms with Gasteiger partial charge in [-0.25, -0.2) is 0 Å². The maximum absolute atomic E-state index is 5.44. The summed E-state index contributed by atoms with van der Waals surface area (Å²) in [7, 11) is 2.20. The monoisotopic (exact) mass is 214 g/mol. The van der Waals surface area contributed by atoms with Gasteiger partial charge in [0.25, 0.3) is 0 Å². The Labute approximate surface area is 94.2 Å². The number of morpholine rings is 1. The van der Waals surface area contributed by atoms with Crippen molar-refractivity contribution in [2.75, 3.05) is 39.9 Å². The minimum Gasteiger partial charge on any atom is -0.378 e. The van der Waals surface area contributed by atoms with E-state index in [4.69, 9.17) is 4.74 Å². The van der Waals surface area contributed by atoms with Crippen molar-refractivity contribution < 1.29 is 4.74 Å². The van der Waals surface area contributed by atoms with E-state index in [0.717, 1.165) is 26.3 Å². The van der Waals surface area contributed by atoms with Crippen molar-refractivity contribution >= 4 is 0 Å². The van der Waals surface area contributed by atoms with E-state index < -0.39 is 0 Å². The maximum Gasteiger partial charge on any atom is 0.0632 e. The van der Waals surface area contributed by atoms with Crippen LogP contribution in [0, 0.1) is 5.41 Å². The Morgan fingerprint density at radius 1 is 1.40 bits per heavy atom. The third-order valence-corrected chi connectivity index (χ3v) is 2.77. The fourth-order valence-electron chi connectivity index (χ4n) is 1.73. The molecule has 0 amide bonds. The Hall–Kier alpha value is -0.120.